The van der Waals surface area contributed by atoms with Crippen LogP contribution in [-0.4, -0.2) is 25.9 Å². The molecule has 0 atom stereocenters. The van der Waals surface area contributed by atoms with Gasteiger partial charge in [0.2, 0.25) is 15.9 Å². The molecule has 0 unspecified atom stereocenters. The van der Waals surface area contributed by atoms with E-state index in [1.807, 2.05) is 46.8 Å². The summed E-state index contributed by atoms with van der Waals surface area (Å²) in [5, 5.41) is 2.77. The summed E-state index contributed by atoms with van der Waals surface area (Å²) < 4.78 is 28.2. The molecule has 2 N–H and O–H groups in total. The molecule has 0 bridgehead atoms. The van der Waals surface area contributed by atoms with Crippen molar-refractivity contribution in [1.29, 1.82) is 0 Å². The number of hydrogen-bond donors (Lipinski definition) is 2. The van der Waals surface area contributed by atoms with Crippen molar-refractivity contribution in [2.75, 3.05) is 6.54 Å². The van der Waals surface area contributed by atoms with Gasteiger partial charge in [0.15, 0.2) is 0 Å². The van der Waals surface area contributed by atoms with Crippen LogP contribution in [0.4, 0.5) is 0 Å². The molecule has 7 heteroatoms. The summed E-state index contributed by atoms with van der Waals surface area (Å²) in [6.45, 7) is 9.96. The van der Waals surface area contributed by atoms with Crippen molar-refractivity contribution >= 4 is 15.9 Å². The third-order valence-electron chi connectivity index (χ3n) is 5.08. The Morgan fingerprint density at radius 2 is 1.44 bits per heavy atom. The first-order valence-electron chi connectivity index (χ1n) is 8.87. The van der Waals surface area contributed by atoms with Gasteiger partial charge in [-0.2, -0.15) is 0 Å². The summed E-state index contributed by atoms with van der Waals surface area (Å²) >= 11 is 0. The molecule has 2 rings (SSSR count). The van der Waals surface area contributed by atoms with Gasteiger partial charge < -0.3 is 5.32 Å². The molecule has 2 aromatic rings. The minimum Gasteiger partial charge on any atom is -0.352 e. The molecular weight excluding hydrogens is 362 g/mol. The molecule has 1 aromatic heterocycles. The highest BCUT2D eigenvalue weighted by Gasteiger charge is 2.23. The Bertz CT molecular complexity index is 910. The lowest BCUT2D eigenvalue weighted by atomic mass is 9.95. The molecule has 146 valence electrons. The Morgan fingerprint density at radius 1 is 0.926 bits per heavy atom. The molecule has 0 spiro atoms. The average molecular weight is 390 g/mol. The van der Waals surface area contributed by atoms with Gasteiger partial charge in [-0.05, 0) is 80.1 Å². The predicted molar refractivity (Wildman–Crippen MR) is 106 cm³/mol. The highest BCUT2D eigenvalue weighted by molar-refractivity contribution is 7.89. The van der Waals surface area contributed by atoms with Crippen LogP contribution >= 0.6 is 0 Å². The number of pyridine rings is 1. The number of sulfonamides is 1. The van der Waals surface area contributed by atoms with E-state index in [1.54, 1.807) is 12.4 Å². The van der Waals surface area contributed by atoms with Crippen LogP contribution in [-0.2, 0) is 21.4 Å². The third-order valence-corrected chi connectivity index (χ3v) is 6.82. The highest BCUT2D eigenvalue weighted by Crippen LogP contribution is 2.29. The molecule has 0 aliphatic heterocycles. The van der Waals surface area contributed by atoms with Gasteiger partial charge in [-0.15, -0.1) is 0 Å². The largest absolute Gasteiger partial charge is 0.352 e. The number of nitrogens with zero attached hydrogens (tertiary/aromatic N) is 1. The van der Waals surface area contributed by atoms with E-state index in [4.69, 9.17) is 0 Å². The third kappa shape index (κ3) is 4.93. The Morgan fingerprint density at radius 3 is 2.00 bits per heavy atom. The standard InChI is InChI=1S/C20H27N3O3S/c1-13-14(2)16(4)20(17(5)15(13)3)27(25,26)23-11-8-19(24)22-12-18-6-9-21-10-7-18/h6-7,9-10,23H,8,11-12H2,1-5H3,(H,22,24). The second-order valence-electron chi connectivity index (χ2n) is 6.73. The monoisotopic (exact) mass is 389 g/mol. The fourth-order valence-corrected chi connectivity index (χ4v) is 4.66. The molecule has 27 heavy (non-hydrogen) atoms. The lowest BCUT2D eigenvalue weighted by molar-refractivity contribution is -0.121. The van der Waals surface area contributed by atoms with Crippen LogP contribution in [0.1, 0.15) is 39.8 Å². The maximum Gasteiger partial charge on any atom is 0.241 e. The van der Waals surface area contributed by atoms with Gasteiger partial charge in [-0.25, -0.2) is 13.1 Å². The molecule has 0 radical (unpaired) electrons. The zero-order chi connectivity index (χ0) is 20.2. The minimum absolute atomic E-state index is 0.0510. The van der Waals surface area contributed by atoms with Gasteiger partial charge in [-0.3, -0.25) is 9.78 Å². The van der Waals surface area contributed by atoms with Crippen molar-refractivity contribution in [3.8, 4) is 0 Å². The summed E-state index contributed by atoms with van der Waals surface area (Å²) in [6.07, 6.45) is 3.39. The second kappa shape index (κ2) is 8.63. The first-order chi connectivity index (χ1) is 12.6. The van der Waals surface area contributed by atoms with E-state index in [1.165, 1.54) is 0 Å². The number of benzene rings is 1. The van der Waals surface area contributed by atoms with Crippen molar-refractivity contribution < 1.29 is 13.2 Å². The van der Waals surface area contributed by atoms with Crippen molar-refractivity contribution in [2.45, 2.75) is 52.5 Å². The van der Waals surface area contributed by atoms with E-state index in [-0.39, 0.29) is 18.9 Å². The van der Waals surface area contributed by atoms with Crippen molar-refractivity contribution in [2.24, 2.45) is 0 Å². The van der Waals surface area contributed by atoms with E-state index < -0.39 is 10.0 Å². The molecule has 6 nitrogen and oxygen atoms in total. The SMILES string of the molecule is Cc1c(C)c(C)c(S(=O)(=O)NCCC(=O)NCc2ccncc2)c(C)c1C. The lowest BCUT2D eigenvalue weighted by Gasteiger charge is -2.19. The zero-order valence-corrected chi connectivity index (χ0v) is 17.3. The van der Waals surface area contributed by atoms with Crippen LogP contribution in [0.5, 0.6) is 0 Å². The first kappa shape index (κ1) is 21.1. The summed E-state index contributed by atoms with van der Waals surface area (Å²) in [5.74, 6) is -0.209. The normalized spacial score (nSPS) is 11.4. The van der Waals surface area contributed by atoms with Gasteiger partial charge >= 0.3 is 0 Å². The van der Waals surface area contributed by atoms with Crippen LogP contribution in [0.3, 0.4) is 0 Å². The molecule has 0 fully saturated rings. The maximum absolute atomic E-state index is 12.8. The Kier molecular flexibility index (Phi) is 6.73. The number of hydrogen-bond acceptors (Lipinski definition) is 4. The Balaban J connectivity index is 2.00. The number of rotatable bonds is 7. The first-order valence-corrected chi connectivity index (χ1v) is 10.4. The molecule has 0 saturated heterocycles. The van der Waals surface area contributed by atoms with E-state index >= 15 is 0 Å². The number of nitrogens with one attached hydrogen (secondary N) is 2. The Labute approximate surface area is 161 Å². The maximum atomic E-state index is 12.8. The molecule has 0 aliphatic rings. The number of carbonyl (C=O) groups excluding carboxylic acids is 1. The summed E-state index contributed by atoms with van der Waals surface area (Å²) in [5.41, 5.74) is 5.52. The average Bonchev–Trinajstić information content (AvgIpc) is 2.63. The number of amides is 1. The smallest absolute Gasteiger partial charge is 0.241 e. The number of aromatic nitrogens is 1. The minimum atomic E-state index is -3.68. The van der Waals surface area contributed by atoms with Gasteiger partial charge in [0.25, 0.3) is 0 Å². The number of carbonyl (C=O) groups is 1. The fourth-order valence-electron chi connectivity index (χ4n) is 3.03. The van der Waals surface area contributed by atoms with Crippen LogP contribution in [0, 0.1) is 34.6 Å². The van der Waals surface area contributed by atoms with E-state index in [0.29, 0.717) is 11.4 Å². The van der Waals surface area contributed by atoms with Gasteiger partial charge in [0.05, 0.1) is 4.90 Å². The van der Waals surface area contributed by atoms with E-state index in [0.717, 1.165) is 33.4 Å². The lowest BCUT2D eigenvalue weighted by Crippen LogP contribution is -2.31. The molecule has 1 amide bonds. The quantitative estimate of drug-likeness (QED) is 0.762. The topological polar surface area (TPSA) is 88.2 Å². The summed E-state index contributed by atoms with van der Waals surface area (Å²) in [7, 11) is -3.68. The van der Waals surface area contributed by atoms with Crippen molar-refractivity contribution in [1.82, 2.24) is 15.0 Å². The molecule has 1 aromatic carbocycles. The van der Waals surface area contributed by atoms with Gasteiger partial charge in [0, 0.05) is 31.9 Å². The van der Waals surface area contributed by atoms with Gasteiger partial charge in [-0.1, -0.05) is 0 Å². The fraction of sp³-hybridized carbons (Fsp3) is 0.400. The molecule has 0 saturated carbocycles. The highest BCUT2D eigenvalue weighted by atomic mass is 32.2. The van der Waals surface area contributed by atoms with Crippen LogP contribution < -0.4 is 10.0 Å². The van der Waals surface area contributed by atoms with Crippen LogP contribution in [0.15, 0.2) is 29.4 Å². The zero-order valence-electron chi connectivity index (χ0n) is 16.5. The van der Waals surface area contributed by atoms with E-state index in [2.05, 4.69) is 15.0 Å². The summed E-state index contributed by atoms with van der Waals surface area (Å²) in [4.78, 5) is 16.2. The van der Waals surface area contributed by atoms with Gasteiger partial charge in [0.1, 0.15) is 0 Å². The van der Waals surface area contributed by atoms with E-state index in [9.17, 15) is 13.2 Å². The molecule has 1 heterocycles. The second-order valence-corrected chi connectivity index (χ2v) is 8.44. The van der Waals surface area contributed by atoms with Crippen molar-refractivity contribution in [3.05, 3.63) is 57.9 Å². The van der Waals surface area contributed by atoms with Crippen molar-refractivity contribution in [3.63, 3.8) is 0 Å². The summed E-state index contributed by atoms with van der Waals surface area (Å²) in [6, 6.07) is 3.63. The molecular formula is C20H27N3O3S. The van der Waals surface area contributed by atoms with Crippen LogP contribution in [0.25, 0.3) is 0 Å². The Hall–Kier alpha value is -2.25. The molecule has 0 aliphatic carbocycles. The van der Waals surface area contributed by atoms with Crippen LogP contribution in [0.2, 0.25) is 0 Å². The predicted octanol–water partition coefficient (Wildman–Crippen LogP) is 2.61.